The molecular weight excluding hydrogens is 465 g/mol. The molecule has 0 bridgehead atoms. The molecule has 1 aromatic carbocycles. The van der Waals surface area contributed by atoms with Crippen LogP contribution in [0.15, 0.2) is 35.3 Å². The fourth-order valence-electron chi connectivity index (χ4n) is 3.55. The summed E-state index contributed by atoms with van der Waals surface area (Å²) >= 11 is 0. The molecule has 7 heteroatoms. The standard InChI is InChI=1S/C21H35N5O.HI/c1-4-22-21(24-17-20(27)26-14-10-11-15-26)23-16-19(25(5-2)6-3)18-12-8-7-9-13-18;/h7-9,12-13,19H,4-6,10-11,14-17H2,1-3H3,(H2,22,23,24);1H. The predicted octanol–water partition coefficient (Wildman–Crippen LogP) is 2.87. The Kier molecular flexibility index (Phi) is 12.1. The van der Waals surface area contributed by atoms with Crippen molar-refractivity contribution < 1.29 is 4.79 Å². The topological polar surface area (TPSA) is 60.0 Å². The molecule has 1 saturated heterocycles. The molecule has 1 fully saturated rings. The maximum atomic E-state index is 12.3. The average molecular weight is 501 g/mol. The third-order valence-corrected chi connectivity index (χ3v) is 5.08. The Hall–Kier alpha value is -1.35. The number of hydrogen-bond acceptors (Lipinski definition) is 3. The molecule has 1 atom stereocenters. The first-order valence-corrected chi connectivity index (χ1v) is 10.3. The lowest BCUT2D eigenvalue weighted by Crippen LogP contribution is -2.43. The number of likely N-dealkylation sites (tertiary alicyclic amines) is 1. The van der Waals surface area contributed by atoms with Crippen molar-refractivity contribution in [1.29, 1.82) is 0 Å². The van der Waals surface area contributed by atoms with Gasteiger partial charge >= 0.3 is 0 Å². The van der Waals surface area contributed by atoms with Crippen LogP contribution in [0.5, 0.6) is 0 Å². The Morgan fingerprint density at radius 2 is 1.75 bits per heavy atom. The minimum atomic E-state index is 0. The predicted molar refractivity (Wildman–Crippen MR) is 127 cm³/mol. The van der Waals surface area contributed by atoms with Crippen LogP contribution in [0.2, 0.25) is 0 Å². The molecule has 1 heterocycles. The Morgan fingerprint density at radius 3 is 2.32 bits per heavy atom. The molecule has 0 aromatic heterocycles. The van der Waals surface area contributed by atoms with Crippen LogP contribution in [0.1, 0.15) is 45.2 Å². The summed E-state index contributed by atoms with van der Waals surface area (Å²) in [5.74, 6) is 0.825. The summed E-state index contributed by atoms with van der Waals surface area (Å²) in [7, 11) is 0. The lowest BCUT2D eigenvalue weighted by Gasteiger charge is -2.30. The van der Waals surface area contributed by atoms with Gasteiger partial charge in [-0.05, 0) is 38.4 Å². The Bertz CT molecular complexity index is 586. The highest BCUT2D eigenvalue weighted by Gasteiger charge is 2.19. The van der Waals surface area contributed by atoms with E-state index in [0.717, 1.165) is 52.1 Å². The zero-order chi connectivity index (χ0) is 19.5. The van der Waals surface area contributed by atoms with Gasteiger partial charge in [-0.25, -0.2) is 4.99 Å². The number of hydrogen-bond donors (Lipinski definition) is 2. The number of nitrogens with zero attached hydrogens (tertiary/aromatic N) is 3. The van der Waals surface area contributed by atoms with Crippen LogP contribution in [0, 0.1) is 0 Å². The largest absolute Gasteiger partial charge is 0.357 e. The van der Waals surface area contributed by atoms with E-state index in [1.807, 2.05) is 17.9 Å². The number of carbonyl (C=O) groups excluding carboxylic acids is 1. The molecule has 2 rings (SSSR count). The number of carbonyl (C=O) groups is 1. The van der Waals surface area contributed by atoms with Crippen molar-refractivity contribution >= 4 is 35.8 Å². The lowest BCUT2D eigenvalue weighted by atomic mass is 10.1. The second kappa shape index (κ2) is 13.8. The van der Waals surface area contributed by atoms with Gasteiger partial charge < -0.3 is 15.5 Å². The Balaban J connectivity index is 0.00000392. The number of likely N-dealkylation sites (N-methyl/N-ethyl adjacent to an activating group) is 1. The van der Waals surface area contributed by atoms with E-state index in [1.165, 1.54) is 5.56 Å². The van der Waals surface area contributed by atoms with Crippen molar-refractivity contribution in [3.05, 3.63) is 35.9 Å². The minimum Gasteiger partial charge on any atom is -0.357 e. The first kappa shape index (κ1) is 24.7. The first-order chi connectivity index (χ1) is 13.2. The van der Waals surface area contributed by atoms with Gasteiger partial charge in [0.1, 0.15) is 6.54 Å². The normalized spacial score (nSPS) is 15.3. The molecule has 28 heavy (non-hydrogen) atoms. The van der Waals surface area contributed by atoms with Gasteiger partial charge in [-0.2, -0.15) is 0 Å². The van der Waals surface area contributed by atoms with Crippen LogP contribution in [0.3, 0.4) is 0 Å². The summed E-state index contributed by atoms with van der Waals surface area (Å²) in [6, 6.07) is 10.8. The van der Waals surface area contributed by atoms with Crippen molar-refractivity contribution in [3.63, 3.8) is 0 Å². The van der Waals surface area contributed by atoms with Crippen LogP contribution in [-0.2, 0) is 4.79 Å². The summed E-state index contributed by atoms with van der Waals surface area (Å²) in [5.41, 5.74) is 1.29. The van der Waals surface area contributed by atoms with E-state index in [4.69, 9.17) is 0 Å². The van der Waals surface area contributed by atoms with E-state index >= 15 is 0 Å². The summed E-state index contributed by atoms with van der Waals surface area (Å²) < 4.78 is 0. The smallest absolute Gasteiger partial charge is 0.244 e. The number of amides is 1. The fraction of sp³-hybridized carbons (Fsp3) is 0.619. The third-order valence-electron chi connectivity index (χ3n) is 5.08. The van der Waals surface area contributed by atoms with E-state index in [2.05, 4.69) is 58.6 Å². The highest BCUT2D eigenvalue weighted by Crippen LogP contribution is 2.19. The van der Waals surface area contributed by atoms with Crippen LogP contribution in [-0.4, -0.2) is 67.5 Å². The van der Waals surface area contributed by atoms with Gasteiger partial charge in [0.15, 0.2) is 5.96 Å². The summed E-state index contributed by atoms with van der Waals surface area (Å²) in [6.07, 6.45) is 2.22. The molecule has 6 nitrogen and oxygen atoms in total. The molecule has 0 saturated carbocycles. The molecule has 1 aliphatic heterocycles. The number of rotatable bonds is 9. The van der Waals surface area contributed by atoms with Gasteiger partial charge in [-0.15, -0.1) is 24.0 Å². The molecule has 1 unspecified atom stereocenters. The maximum absolute atomic E-state index is 12.3. The molecule has 0 radical (unpaired) electrons. The van der Waals surface area contributed by atoms with Crippen molar-refractivity contribution in [3.8, 4) is 0 Å². The van der Waals surface area contributed by atoms with Crippen LogP contribution in [0.4, 0.5) is 0 Å². The van der Waals surface area contributed by atoms with Gasteiger partial charge in [0, 0.05) is 26.2 Å². The van der Waals surface area contributed by atoms with E-state index in [0.29, 0.717) is 5.96 Å². The average Bonchev–Trinajstić information content (AvgIpc) is 3.24. The Labute approximate surface area is 187 Å². The van der Waals surface area contributed by atoms with Crippen LogP contribution in [0.25, 0.3) is 0 Å². The third kappa shape index (κ3) is 7.58. The molecule has 1 aliphatic rings. The number of guanidine groups is 1. The quantitative estimate of drug-likeness (QED) is 0.311. The van der Waals surface area contributed by atoms with Gasteiger partial charge in [0.25, 0.3) is 0 Å². The van der Waals surface area contributed by atoms with Gasteiger partial charge in [-0.3, -0.25) is 9.69 Å². The van der Waals surface area contributed by atoms with Gasteiger partial charge in [-0.1, -0.05) is 44.2 Å². The van der Waals surface area contributed by atoms with Crippen molar-refractivity contribution in [2.45, 2.75) is 39.7 Å². The fourth-order valence-corrected chi connectivity index (χ4v) is 3.55. The molecule has 0 spiro atoms. The van der Waals surface area contributed by atoms with Gasteiger partial charge in [0.2, 0.25) is 5.91 Å². The van der Waals surface area contributed by atoms with E-state index in [9.17, 15) is 4.79 Å². The second-order valence-corrected chi connectivity index (χ2v) is 6.81. The number of nitrogens with one attached hydrogen (secondary N) is 2. The highest BCUT2D eigenvalue weighted by atomic mass is 127. The van der Waals surface area contributed by atoms with Crippen molar-refractivity contribution in [2.24, 2.45) is 4.99 Å². The SMILES string of the molecule is CCNC(=NCC(=O)N1CCCC1)NCC(c1ccccc1)N(CC)CC.I. The maximum Gasteiger partial charge on any atom is 0.244 e. The van der Waals surface area contributed by atoms with E-state index in [-0.39, 0.29) is 42.5 Å². The minimum absolute atomic E-state index is 0. The highest BCUT2D eigenvalue weighted by molar-refractivity contribution is 14.0. The second-order valence-electron chi connectivity index (χ2n) is 6.81. The first-order valence-electron chi connectivity index (χ1n) is 10.3. The molecule has 2 N–H and O–H groups in total. The molecule has 158 valence electrons. The van der Waals surface area contributed by atoms with Crippen LogP contribution >= 0.6 is 24.0 Å². The van der Waals surface area contributed by atoms with E-state index in [1.54, 1.807) is 0 Å². The molecule has 0 aliphatic carbocycles. The zero-order valence-corrected chi connectivity index (χ0v) is 19.8. The van der Waals surface area contributed by atoms with E-state index < -0.39 is 0 Å². The van der Waals surface area contributed by atoms with Crippen LogP contribution < -0.4 is 10.6 Å². The zero-order valence-electron chi connectivity index (χ0n) is 17.5. The Morgan fingerprint density at radius 1 is 1.11 bits per heavy atom. The number of benzene rings is 1. The summed E-state index contributed by atoms with van der Waals surface area (Å²) in [6.45, 7) is 11.8. The summed E-state index contributed by atoms with van der Waals surface area (Å²) in [5, 5.41) is 6.70. The lowest BCUT2D eigenvalue weighted by molar-refractivity contribution is -0.128. The number of aliphatic imine (C=N–C) groups is 1. The number of halogens is 1. The molecular formula is C21H36IN5O. The monoisotopic (exact) mass is 501 g/mol. The molecule has 1 amide bonds. The summed E-state index contributed by atoms with van der Waals surface area (Å²) in [4.78, 5) is 21.1. The molecule has 1 aromatic rings. The van der Waals surface area contributed by atoms with Crippen molar-refractivity contribution in [1.82, 2.24) is 20.4 Å². The van der Waals surface area contributed by atoms with Gasteiger partial charge in [0.05, 0.1) is 6.04 Å². The van der Waals surface area contributed by atoms with Crippen molar-refractivity contribution in [2.75, 3.05) is 45.8 Å².